The van der Waals surface area contributed by atoms with Crippen LogP contribution in [0.25, 0.3) is 0 Å². The van der Waals surface area contributed by atoms with E-state index in [0.29, 0.717) is 0 Å². The Morgan fingerprint density at radius 1 is 1.00 bits per heavy atom. The number of nitrogen functional groups attached to an aromatic ring is 1. The highest BCUT2D eigenvalue weighted by Gasteiger charge is 2.37. The molecule has 0 aliphatic rings. The van der Waals surface area contributed by atoms with E-state index in [4.69, 9.17) is 30.4 Å². The first-order valence-electron chi connectivity index (χ1n) is 4.24. The Morgan fingerprint density at radius 3 is 1.78 bits per heavy atom. The van der Waals surface area contributed by atoms with Gasteiger partial charge < -0.3 is 30.4 Å². The van der Waals surface area contributed by atoms with Crippen molar-refractivity contribution in [2.75, 3.05) is 5.73 Å². The summed E-state index contributed by atoms with van der Waals surface area (Å²) in [5.41, 5.74) is 3.75. The van der Waals surface area contributed by atoms with E-state index in [9.17, 15) is 13.9 Å². The van der Waals surface area contributed by atoms with Crippen LogP contribution in [0.5, 0.6) is 0 Å². The van der Waals surface area contributed by atoms with E-state index in [1.54, 1.807) is 0 Å². The topological polar surface area (TPSA) is 178 Å². The van der Waals surface area contributed by atoms with Gasteiger partial charge in [-0.3, -0.25) is 9.13 Å². The number of carboxylic acid groups (broad SMARTS) is 1. The Hall–Kier alpha value is -1.21. The molecule has 0 amide bonds. The fourth-order valence-corrected chi connectivity index (χ4v) is 3.85. The molecule has 0 unspecified atom stereocenters. The summed E-state index contributed by atoms with van der Waals surface area (Å²) in [4.78, 5) is 46.9. The minimum atomic E-state index is -5.22. The highest BCUT2D eigenvalue weighted by molar-refractivity contribution is 7.67. The third-order valence-electron chi connectivity index (χ3n) is 2.00. The van der Waals surface area contributed by atoms with E-state index in [1.807, 2.05) is 0 Å². The molecule has 0 aromatic heterocycles. The third-order valence-corrected chi connectivity index (χ3v) is 4.28. The molecule has 0 bridgehead atoms. The van der Waals surface area contributed by atoms with Gasteiger partial charge in [-0.05, 0) is 12.1 Å². The summed E-state index contributed by atoms with van der Waals surface area (Å²) in [7, 11) is -10.4. The quantitative estimate of drug-likeness (QED) is 0.288. The second kappa shape index (κ2) is 4.47. The minimum Gasteiger partial charge on any atom is -0.478 e. The standard InChI is InChI=1S/C7H9NO8P2/c8-4-2-1-3(7(9)10)5(17(11,12)13)6(4)18(14,15)16/h1-2H,8H2,(H,9,10)(H2,11,12,13)(H2,14,15,16). The molecule has 11 heteroatoms. The third kappa shape index (κ3) is 2.78. The fourth-order valence-electron chi connectivity index (χ4n) is 1.37. The van der Waals surface area contributed by atoms with Crippen molar-refractivity contribution in [3.63, 3.8) is 0 Å². The average molecular weight is 297 g/mol. The number of rotatable bonds is 3. The second-order valence-corrected chi connectivity index (χ2v) is 6.36. The zero-order valence-corrected chi connectivity index (χ0v) is 10.4. The Balaban J connectivity index is 3.91. The first-order valence-corrected chi connectivity index (χ1v) is 7.46. The predicted molar refractivity (Wildman–Crippen MR) is 61.2 cm³/mol. The number of benzene rings is 1. The summed E-state index contributed by atoms with van der Waals surface area (Å²) in [5, 5.41) is 6.36. The molecule has 9 nitrogen and oxygen atoms in total. The summed E-state index contributed by atoms with van der Waals surface area (Å²) in [6.45, 7) is 0. The molecule has 0 radical (unpaired) electrons. The molecule has 0 atom stereocenters. The molecule has 0 saturated heterocycles. The maximum Gasteiger partial charge on any atom is 0.359 e. The van der Waals surface area contributed by atoms with Gasteiger partial charge in [0, 0.05) is 5.69 Å². The van der Waals surface area contributed by atoms with Crippen LogP contribution in [0.4, 0.5) is 5.69 Å². The normalized spacial score (nSPS) is 12.4. The van der Waals surface area contributed by atoms with Gasteiger partial charge in [0.1, 0.15) is 5.30 Å². The molecule has 18 heavy (non-hydrogen) atoms. The highest BCUT2D eigenvalue weighted by Crippen LogP contribution is 2.42. The first kappa shape index (κ1) is 14.8. The molecule has 7 N–H and O–H groups in total. The SMILES string of the molecule is Nc1ccc(C(=O)O)c(P(=O)(O)O)c1P(=O)(O)O. The van der Waals surface area contributed by atoms with Crippen molar-refractivity contribution in [3.05, 3.63) is 17.7 Å². The van der Waals surface area contributed by atoms with Crippen molar-refractivity contribution >= 4 is 37.5 Å². The molecule has 1 rings (SSSR count). The number of carboxylic acids is 1. The number of carbonyl (C=O) groups is 1. The van der Waals surface area contributed by atoms with E-state index in [0.717, 1.165) is 12.1 Å². The van der Waals surface area contributed by atoms with Crippen LogP contribution in [0.1, 0.15) is 10.4 Å². The molecule has 100 valence electrons. The minimum absolute atomic E-state index is 0.591. The van der Waals surface area contributed by atoms with Crippen LogP contribution in [0.3, 0.4) is 0 Å². The summed E-state index contributed by atoms with van der Waals surface area (Å²) in [6.07, 6.45) is 0. The molecule has 0 saturated carbocycles. The first-order chi connectivity index (χ1) is 7.96. The highest BCUT2D eigenvalue weighted by atomic mass is 31.2. The second-order valence-electron chi connectivity index (χ2n) is 3.29. The van der Waals surface area contributed by atoms with Crippen molar-refractivity contribution in [3.8, 4) is 0 Å². The van der Waals surface area contributed by atoms with E-state index >= 15 is 0 Å². The Morgan fingerprint density at radius 2 is 1.44 bits per heavy atom. The Labute approximate surface area is 100 Å². The molecule has 0 fully saturated rings. The molecule has 0 spiro atoms. The number of hydrogen-bond acceptors (Lipinski definition) is 4. The molecular weight excluding hydrogens is 288 g/mol. The van der Waals surface area contributed by atoms with Crippen LogP contribution in [-0.4, -0.2) is 30.6 Å². The fraction of sp³-hybridized carbons (Fsp3) is 0. The van der Waals surface area contributed by atoms with Gasteiger partial charge in [0.25, 0.3) is 0 Å². The zero-order valence-electron chi connectivity index (χ0n) is 8.59. The number of anilines is 1. The lowest BCUT2D eigenvalue weighted by Crippen LogP contribution is -2.32. The lowest BCUT2D eigenvalue weighted by atomic mass is 10.2. The van der Waals surface area contributed by atoms with Crippen LogP contribution in [0, 0.1) is 0 Å². The smallest absolute Gasteiger partial charge is 0.359 e. The monoisotopic (exact) mass is 297 g/mol. The summed E-state index contributed by atoms with van der Waals surface area (Å²) in [6, 6.07) is 1.63. The average Bonchev–Trinajstić information content (AvgIpc) is 2.13. The maximum atomic E-state index is 11.2. The van der Waals surface area contributed by atoms with Gasteiger partial charge in [-0.25, -0.2) is 4.79 Å². The van der Waals surface area contributed by atoms with Crippen LogP contribution in [0.2, 0.25) is 0 Å². The van der Waals surface area contributed by atoms with Crippen LogP contribution >= 0.6 is 15.2 Å². The largest absolute Gasteiger partial charge is 0.478 e. The van der Waals surface area contributed by atoms with E-state index in [1.165, 1.54) is 0 Å². The van der Waals surface area contributed by atoms with E-state index < -0.39 is 43.0 Å². The molecule has 0 heterocycles. The van der Waals surface area contributed by atoms with Gasteiger partial charge in [-0.2, -0.15) is 0 Å². The number of nitrogens with two attached hydrogens (primary N) is 1. The summed E-state index contributed by atoms with van der Waals surface area (Å²) in [5.74, 6) is -1.73. The van der Waals surface area contributed by atoms with Crippen molar-refractivity contribution in [2.24, 2.45) is 0 Å². The number of hydrogen-bond donors (Lipinski definition) is 6. The van der Waals surface area contributed by atoms with Gasteiger partial charge in [0.05, 0.1) is 10.9 Å². The summed E-state index contributed by atoms with van der Waals surface area (Å²) >= 11 is 0. The molecule has 1 aromatic rings. The van der Waals surface area contributed by atoms with Gasteiger partial charge in [0.15, 0.2) is 0 Å². The van der Waals surface area contributed by atoms with Crippen LogP contribution in [0.15, 0.2) is 12.1 Å². The number of aromatic carboxylic acids is 1. The van der Waals surface area contributed by atoms with Crippen molar-refractivity contribution in [1.29, 1.82) is 0 Å². The van der Waals surface area contributed by atoms with Crippen LogP contribution in [-0.2, 0) is 9.13 Å². The van der Waals surface area contributed by atoms with E-state index in [2.05, 4.69) is 0 Å². The van der Waals surface area contributed by atoms with Crippen molar-refractivity contribution < 1.29 is 38.6 Å². The molecular formula is C7H9NO8P2. The Kier molecular flexibility index (Phi) is 3.69. The molecule has 0 aliphatic carbocycles. The van der Waals surface area contributed by atoms with Crippen molar-refractivity contribution in [2.45, 2.75) is 0 Å². The zero-order chi connectivity index (χ0) is 14.3. The lowest BCUT2D eigenvalue weighted by molar-refractivity contribution is 0.0698. The predicted octanol–water partition coefficient (Wildman–Crippen LogP) is -1.43. The van der Waals surface area contributed by atoms with Gasteiger partial charge >= 0.3 is 21.2 Å². The lowest BCUT2D eigenvalue weighted by Gasteiger charge is -2.16. The van der Waals surface area contributed by atoms with Gasteiger partial charge in [-0.1, -0.05) is 0 Å². The summed E-state index contributed by atoms with van der Waals surface area (Å²) < 4.78 is 22.4. The van der Waals surface area contributed by atoms with Crippen molar-refractivity contribution in [1.82, 2.24) is 0 Å². The molecule has 1 aromatic carbocycles. The molecule has 0 aliphatic heterocycles. The van der Waals surface area contributed by atoms with E-state index in [-0.39, 0.29) is 0 Å². The van der Waals surface area contributed by atoms with Gasteiger partial charge in [0.2, 0.25) is 0 Å². The Bertz CT molecular complexity index is 600. The maximum absolute atomic E-state index is 11.2. The van der Waals surface area contributed by atoms with Crippen LogP contribution < -0.4 is 16.3 Å². The van der Waals surface area contributed by atoms with Gasteiger partial charge in [-0.15, -0.1) is 0 Å².